The van der Waals surface area contributed by atoms with Gasteiger partial charge < -0.3 is 32.2 Å². The van der Waals surface area contributed by atoms with Gasteiger partial charge in [-0.2, -0.15) is 0 Å². The molecule has 0 saturated heterocycles. The Bertz CT molecular complexity index is 138. The molecular formula is H8BaO8P2Zn. The summed E-state index contributed by atoms with van der Waals surface area (Å²) >= 11 is 0. The van der Waals surface area contributed by atoms with Crippen LogP contribution in [0.2, 0.25) is 0 Å². The molecule has 12 heavy (non-hydrogen) atoms. The van der Waals surface area contributed by atoms with Gasteiger partial charge in [-0.25, -0.2) is 9.13 Å². The molecule has 0 unspecified atom stereocenters. The molecule has 70 valence electrons. The first kappa shape index (κ1) is 23.9. The normalized spacial score (nSPS) is 9.83. The first-order chi connectivity index (χ1) is 4.00. The largest absolute Gasteiger partial charge is 2.00 e. The van der Waals surface area contributed by atoms with E-state index in [1.165, 1.54) is 0 Å². The molecule has 0 heterocycles. The van der Waals surface area contributed by atoms with Gasteiger partial charge >= 0.3 is 64.5 Å². The van der Waals surface area contributed by atoms with Gasteiger partial charge in [0.25, 0.3) is 0 Å². The second kappa shape index (κ2) is 9.95. The van der Waals surface area contributed by atoms with Crippen molar-refractivity contribution in [1.82, 2.24) is 0 Å². The minimum absolute atomic E-state index is 0. The van der Waals surface area contributed by atoms with E-state index in [9.17, 15) is 0 Å². The first-order valence-corrected chi connectivity index (χ1v) is 4.70. The summed E-state index contributed by atoms with van der Waals surface area (Å²) in [6, 6.07) is 0. The third-order valence-electron chi connectivity index (χ3n) is 0. The van der Waals surface area contributed by atoms with Crippen LogP contribution in [-0.4, -0.2) is 78.2 Å². The van der Waals surface area contributed by atoms with Gasteiger partial charge in [0.2, 0.25) is 0 Å². The minimum Gasteiger partial charge on any atom is -1.00 e. The number of hydrogen-bond donors (Lipinski definition) is 6. The molecule has 0 aliphatic heterocycles. The van der Waals surface area contributed by atoms with Gasteiger partial charge in [0.05, 0.1) is 0 Å². The summed E-state index contributed by atoms with van der Waals surface area (Å²) < 4.78 is 17.8. The molecule has 0 aromatic heterocycles. The van der Waals surface area contributed by atoms with Gasteiger partial charge in [-0.1, -0.05) is 0 Å². The van der Waals surface area contributed by atoms with Crippen molar-refractivity contribution in [3.05, 3.63) is 0 Å². The SMILES string of the molecule is O=P(O)(O)O.O=P(O)(O)O.[Ba+2].[H-].[H-].[Zn]. The van der Waals surface area contributed by atoms with Crippen LogP contribution in [0, 0.1) is 0 Å². The third kappa shape index (κ3) is 277. The molecule has 0 amide bonds. The fourth-order valence-corrected chi connectivity index (χ4v) is 0. The van der Waals surface area contributed by atoms with Crippen LogP contribution in [0.1, 0.15) is 2.85 Å². The van der Waals surface area contributed by atoms with E-state index in [0.717, 1.165) is 0 Å². The molecular weight excluding hydrogens is 393 g/mol. The van der Waals surface area contributed by atoms with Gasteiger partial charge in [0.15, 0.2) is 0 Å². The third-order valence-corrected chi connectivity index (χ3v) is 0. The van der Waals surface area contributed by atoms with Crippen LogP contribution in [0.5, 0.6) is 0 Å². The van der Waals surface area contributed by atoms with E-state index in [1.54, 1.807) is 0 Å². The summed E-state index contributed by atoms with van der Waals surface area (Å²) in [5.41, 5.74) is 0. The van der Waals surface area contributed by atoms with Crippen LogP contribution in [0.4, 0.5) is 0 Å². The van der Waals surface area contributed by atoms with Crippen LogP contribution in [-0.2, 0) is 28.6 Å². The zero-order chi connectivity index (χ0) is 9.00. The molecule has 0 radical (unpaired) electrons. The van der Waals surface area contributed by atoms with Crippen molar-refractivity contribution < 1.29 is 60.8 Å². The van der Waals surface area contributed by atoms with Crippen LogP contribution >= 0.6 is 15.6 Å². The van der Waals surface area contributed by atoms with Crippen LogP contribution in [0.25, 0.3) is 0 Å². The summed E-state index contributed by atoms with van der Waals surface area (Å²) in [5.74, 6) is 0. The Morgan fingerprint density at radius 1 is 0.750 bits per heavy atom. The van der Waals surface area contributed by atoms with Gasteiger partial charge in [-0.05, 0) is 0 Å². The standard InChI is InChI=1S/Ba.2H3O4P.Zn.2H/c;2*1-5(2,3)4;;;/h;2*(H3,1,2,3,4);;;/q+2;;;;2*-1. The van der Waals surface area contributed by atoms with Crippen molar-refractivity contribution in [2.45, 2.75) is 0 Å². The molecule has 0 fully saturated rings. The van der Waals surface area contributed by atoms with Crippen molar-refractivity contribution in [3.8, 4) is 0 Å². The predicted molar refractivity (Wildman–Crippen MR) is 36.5 cm³/mol. The molecule has 8 nitrogen and oxygen atoms in total. The van der Waals surface area contributed by atoms with E-state index in [4.69, 9.17) is 38.5 Å². The van der Waals surface area contributed by atoms with E-state index in [2.05, 4.69) is 0 Å². The fraction of sp³-hybridized carbons (Fsp3) is 0. The summed E-state index contributed by atoms with van der Waals surface area (Å²) in [6.45, 7) is 0. The van der Waals surface area contributed by atoms with Crippen molar-refractivity contribution in [2.24, 2.45) is 0 Å². The predicted octanol–water partition coefficient (Wildman–Crippen LogP) is -2.02. The zero-order valence-corrected chi connectivity index (χ0v) is 15.0. The van der Waals surface area contributed by atoms with Gasteiger partial charge in [-0.15, -0.1) is 0 Å². The Hall–Kier alpha value is 2.41. The summed E-state index contributed by atoms with van der Waals surface area (Å²) in [6.07, 6.45) is 0. The quantitative estimate of drug-likeness (QED) is 0.201. The molecule has 0 aliphatic rings. The Balaban J connectivity index is -0.0000000178. The van der Waals surface area contributed by atoms with Crippen molar-refractivity contribution >= 4 is 64.5 Å². The minimum atomic E-state index is -4.64. The van der Waals surface area contributed by atoms with Gasteiger partial charge in [0, 0.05) is 19.5 Å². The fourth-order valence-electron chi connectivity index (χ4n) is 0. The summed E-state index contributed by atoms with van der Waals surface area (Å²) in [4.78, 5) is 43.1. The van der Waals surface area contributed by atoms with Crippen molar-refractivity contribution in [2.75, 3.05) is 0 Å². The molecule has 0 bridgehead atoms. The topological polar surface area (TPSA) is 156 Å². The molecule has 0 spiro atoms. The molecule has 0 atom stereocenters. The summed E-state index contributed by atoms with van der Waals surface area (Å²) in [7, 11) is -9.28. The Kier molecular flexibility index (Phi) is 19.8. The summed E-state index contributed by atoms with van der Waals surface area (Å²) in [5, 5.41) is 0. The molecule has 0 rings (SSSR count). The first-order valence-electron chi connectivity index (χ1n) is 1.57. The van der Waals surface area contributed by atoms with E-state index in [-0.39, 0.29) is 71.2 Å². The van der Waals surface area contributed by atoms with Gasteiger partial charge in [-0.3, -0.25) is 0 Å². The van der Waals surface area contributed by atoms with E-state index >= 15 is 0 Å². The van der Waals surface area contributed by atoms with Crippen LogP contribution in [0.3, 0.4) is 0 Å². The molecule has 0 aliphatic carbocycles. The van der Waals surface area contributed by atoms with Crippen molar-refractivity contribution in [1.29, 1.82) is 0 Å². The van der Waals surface area contributed by atoms with E-state index in [1.807, 2.05) is 0 Å². The molecule has 0 aromatic rings. The maximum atomic E-state index is 8.88. The van der Waals surface area contributed by atoms with Crippen molar-refractivity contribution in [3.63, 3.8) is 0 Å². The number of phosphoric acid groups is 2. The second-order valence-corrected chi connectivity index (χ2v) is 3.08. The monoisotopic (exact) mass is 400 g/mol. The Labute approximate surface area is 124 Å². The Morgan fingerprint density at radius 2 is 0.750 bits per heavy atom. The van der Waals surface area contributed by atoms with Crippen LogP contribution < -0.4 is 0 Å². The molecule has 6 N–H and O–H groups in total. The number of rotatable bonds is 0. The average molecular weight is 401 g/mol. The number of hydrogen-bond acceptors (Lipinski definition) is 2. The maximum Gasteiger partial charge on any atom is 2.00 e. The zero-order valence-electron chi connectivity index (χ0n) is 7.81. The molecule has 12 heteroatoms. The maximum absolute atomic E-state index is 8.88. The van der Waals surface area contributed by atoms with Gasteiger partial charge in [0.1, 0.15) is 0 Å². The average Bonchev–Trinajstić information content (AvgIpc) is 1.12. The van der Waals surface area contributed by atoms with E-state index in [0.29, 0.717) is 0 Å². The Morgan fingerprint density at radius 3 is 0.750 bits per heavy atom. The van der Waals surface area contributed by atoms with Crippen LogP contribution in [0.15, 0.2) is 0 Å². The molecule has 0 saturated carbocycles. The molecule has 0 aromatic carbocycles. The second-order valence-electron chi connectivity index (χ2n) is 1.03. The smallest absolute Gasteiger partial charge is 1.00 e. The van der Waals surface area contributed by atoms with E-state index < -0.39 is 15.6 Å².